The van der Waals surface area contributed by atoms with Gasteiger partial charge in [-0.05, 0) is 37.5 Å². The highest BCUT2D eigenvalue weighted by molar-refractivity contribution is 5.06. The molecule has 2 fully saturated rings. The molecule has 2 aliphatic rings. The first-order valence-corrected chi connectivity index (χ1v) is 7.78. The maximum atomic E-state index is 6.51. The summed E-state index contributed by atoms with van der Waals surface area (Å²) in [5, 5.41) is 4.18. The SMILES string of the molecule is CC1CCCC(N)(c2noc(CC3CCCC3)n2)C1. The maximum absolute atomic E-state index is 6.51. The highest BCUT2D eigenvalue weighted by Crippen LogP contribution is 2.36. The van der Waals surface area contributed by atoms with Gasteiger partial charge in [0.05, 0.1) is 5.54 Å². The Kier molecular flexibility index (Phi) is 3.61. The van der Waals surface area contributed by atoms with Gasteiger partial charge >= 0.3 is 0 Å². The molecule has 2 saturated carbocycles. The summed E-state index contributed by atoms with van der Waals surface area (Å²) >= 11 is 0. The van der Waals surface area contributed by atoms with Crippen LogP contribution in [0.25, 0.3) is 0 Å². The van der Waals surface area contributed by atoms with Crippen LogP contribution in [-0.4, -0.2) is 10.1 Å². The number of aromatic nitrogens is 2. The van der Waals surface area contributed by atoms with Gasteiger partial charge in [0.2, 0.25) is 5.89 Å². The molecule has 0 amide bonds. The Balaban J connectivity index is 1.69. The Bertz CT molecular complexity index is 425. The molecule has 0 radical (unpaired) electrons. The molecule has 4 heteroatoms. The average Bonchev–Trinajstić information content (AvgIpc) is 3.01. The van der Waals surface area contributed by atoms with Gasteiger partial charge in [-0.15, -0.1) is 0 Å². The van der Waals surface area contributed by atoms with Gasteiger partial charge in [0.15, 0.2) is 5.82 Å². The fourth-order valence-electron chi connectivity index (χ4n) is 3.80. The molecule has 2 aliphatic carbocycles. The molecule has 2 unspecified atom stereocenters. The van der Waals surface area contributed by atoms with Crippen molar-refractivity contribution in [1.82, 2.24) is 10.1 Å². The molecule has 1 heterocycles. The molecular formula is C15H25N3O. The maximum Gasteiger partial charge on any atom is 0.226 e. The van der Waals surface area contributed by atoms with E-state index >= 15 is 0 Å². The monoisotopic (exact) mass is 263 g/mol. The Morgan fingerprint density at radius 1 is 1.26 bits per heavy atom. The van der Waals surface area contributed by atoms with Crippen LogP contribution in [0.5, 0.6) is 0 Å². The third-order valence-corrected chi connectivity index (χ3v) is 4.88. The minimum absolute atomic E-state index is 0.352. The molecule has 2 atom stereocenters. The molecule has 1 aromatic heterocycles. The Morgan fingerprint density at radius 3 is 2.79 bits per heavy atom. The molecule has 3 rings (SSSR count). The summed E-state index contributed by atoms with van der Waals surface area (Å²) in [7, 11) is 0. The van der Waals surface area contributed by atoms with Crippen molar-refractivity contribution in [3.8, 4) is 0 Å². The molecule has 19 heavy (non-hydrogen) atoms. The zero-order valence-electron chi connectivity index (χ0n) is 11.9. The number of nitrogens with two attached hydrogens (primary N) is 1. The van der Waals surface area contributed by atoms with E-state index in [0.717, 1.165) is 36.9 Å². The van der Waals surface area contributed by atoms with Crippen LogP contribution in [0.1, 0.15) is 70.0 Å². The second-order valence-electron chi connectivity index (χ2n) is 6.72. The summed E-state index contributed by atoms with van der Waals surface area (Å²) in [5.74, 6) is 2.94. The molecule has 4 nitrogen and oxygen atoms in total. The van der Waals surface area contributed by atoms with Crippen molar-refractivity contribution < 1.29 is 4.52 Å². The molecule has 0 aliphatic heterocycles. The number of nitrogens with zero attached hydrogens (tertiary/aromatic N) is 2. The Hall–Kier alpha value is -0.900. The topological polar surface area (TPSA) is 64.9 Å². The molecule has 1 aromatic rings. The zero-order valence-corrected chi connectivity index (χ0v) is 11.9. The average molecular weight is 263 g/mol. The van der Waals surface area contributed by atoms with Gasteiger partial charge in [-0.3, -0.25) is 0 Å². The Labute approximate surface area is 115 Å². The lowest BCUT2D eigenvalue weighted by Gasteiger charge is -2.33. The van der Waals surface area contributed by atoms with Crippen LogP contribution in [0, 0.1) is 11.8 Å². The minimum Gasteiger partial charge on any atom is -0.339 e. The van der Waals surface area contributed by atoms with Gasteiger partial charge in [-0.2, -0.15) is 4.98 Å². The third-order valence-electron chi connectivity index (χ3n) is 4.88. The summed E-state index contributed by atoms with van der Waals surface area (Å²) in [6, 6.07) is 0. The summed E-state index contributed by atoms with van der Waals surface area (Å²) in [6.07, 6.45) is 10.7. The van der Waals surface area contributed by atoms with Crippen LogP contribution >= 0.6 is 0 Å². The fraction of sp³-hybridized carbons (Fsp3) is 0.867. The van der Waals surface area contributed by atoms with E-state index < -0.39 is 0 Å². The second-order valence-corrected chi connectivity index (χ2v) is 6.72. The number of hydrogen-bond donors (Lipinski definition) is 1. The van der Waals surface area contributed by atoms with E-state index in [1.807, 2.05) is 0 Å². The smallest absolute Gasteiger partial charge is 0.226 e. The predicted octanol–water partition coefficient (Wildman–Crippen LogP) is 3.17. The van der Waals surface area contributed by atoms with E-state index in [9.17, 15) is 0 Å². The molecule has 0 aromatic carbocycles. The van der Waals surface area contributed by atoms with Crippen LogP contribution < -0.4 is 5.73 Å². The van der Waals surface area contributed by atoms with E-state index in [-0.39, 0.29) is 5.54 Å². The van der Waals surface area contributed by atoms with Gasteiger partial charge in [0, 0.05) is 6.42 Å². The van der Waals surface area contributed by atoms with Gasteiger partial charge in [0.25, 0.3) is 0 Å². The molecule has 0 spiro atoms. The quantitative estimate of drug-likeness (QED) is 0.909. The second kappa shape index (κ2) is 5.23. The van der Waals surface area contributed by atoms with Crippen molar-refractivity contribution in [3.05, 3.63) is 11.7 Å². The highest BCUT2D eigenvalue weighted by Gasteiger charge is 2.37. The van der Waals surface area contributed by atoms with Crippen molar-refractivity contribution in [2.24, 2.45) is 17.6 Å². The van der Waals surface area contributed by atoms with Crippen LogP contribution in [0.3, 0.4) is 0 Å². The van der Waals surface area contributed by atoms with Crippen molar-refractivity contribution in [2.75, 3.05) is 0 Å². The van der Waals surface area contributed by atoms with Crippen molar-refractivity contribution in [1.29, 1.82) is 0 Å². The first kappa shape index (κ1) is 13.1. The van der Waals surface area contributed by atoms with E-state index in [1.165, 1.54) is 38.5 Å². The normalized spacial score (nSPS) is 32.8. The zero-order chi connectivity index (χ0) is 13.3. The minimum atomic E-state index is -0.352. The largest absolute Gasteiger partial charge is 0.339 e. The summed E-state index contributed by atoms with van der Waals surface area (Å²) in [6.45, 7) is 2.26. The molecule has 0 bridgehead atoms. The van der Waals surface area contributed by atoms with Crippen molar-refractivity contribution in [2.45, 2.75) is 70.3 Å². The molecule has 2 N–H and O–H groups in total. The fourth-order valence-corrected chi connectivity index (χ4v) is 3.80. The molecule has 106 valence electrons. The van der Waals surface area contributed by atoms with E-state index in [1.54, 1.807) is 0 Å². The third kappa shape index (κ3) is 2.83. The first-order valence-electron chi connectivity index (χ1n) is 7.78. The van der Waals surface area contributed by atoms with Crippen LogP contribution in [0.2, 0.25) is 0 Å². The lowest BCUT2D eigenvalue weighted by atomic mass is 9.76. The predicted molar refractivity (Wildman–Crippen MR) is 73.5 cm³/mol. The van der Waals surface area contributed by atoms with E-state index in [4.69, 9.17) is 10.3 Å². The standard InChI is InChI=1S/C15H25N3O/c1-11-5-4-8-15(16,10-11)14-17-13(19-18-14)9-12-6-2-3-7-12/h11-12H,2-10,16H2,1H3. The van der Waals surface area contributed by atoms with Crippen LogP contribution in [0.15, 0.2) is 4.52 Å². The van der Waals surface area contributed by atoms with Crippen molar-refractivity contribution >= 4 is 0 Å². The molecular weight excluding hydrogens is 238 g/mol. The lowest BCUT2D eigenvalue weighted by Crippen LogP contribution is -2.42. The van der Waals surface area contributed by atoms with Crippen molar-refractivity contribution in [3.63, 3.8) is 0 Å². The van der Waals surface area contributed by atoms with Gasteiger partial charge in [0.1, 0.15) is 0 Å². The van der Waals surface area contributed by atoms with Gasteiger partial charge in [-0.25, -0.2) is 0 Å². The van der Waals surface area contributed by atoms with Gasteiger partial charge in [-0.1, -0.05) is 37.8 Å². The summed E-state index contributed by atoms with van der Waals surface area (Å²) in [4.78, 5) is 4.60. The lowest BCUT2D eigenvalue weighted by molar-refractivity contribution is 0.221. The summed E-state index contributed by atoms with van der Waals surface area (Å²) < 4.78 is 5.44. The summed E-state index contributed by atoms with van der Waals surface area (Å²) in [5.41, 5.74) is 6.16. The number of hydrogen-bond acceptors (Lipinski definition) is 4. The number of rotatable bonds is 3. The van der Waals surface area contributed by atoms with E-state index in [2.05, 4.69) is 17.1 Å². The van der Waals surface area contributed by atoms with Gasteiger partial charge < -0.3 is 10.3 Å². The Morgan fingerprint density at radius 2 is 2.05 bits per heavy atom. The van der Waals surface area contributed by atoms with E-state index in [0.29, 0.717) is 5.92 Å². The highest BCUT2D eigenvalue weighted by atomic mass is 16.5. The van der Waals surface area contributed by atoms with Crippen LogP contribution in [-0.2, 0) is 12.0 Å². The molecule has 0 saturated heterocycles. The first-order chi connectivity index (χ1) is 9.16. The van der Waals surface area contributed by atoms with Crippen LogP contribution in [0.4, 0.5) is 0 Å².